The molecule has 1 atom stereocenters. The summed E-state index contributed by atoms with van der Waals surface area (Å²) in [5.41, 5.74) is 2.10. The van der Waals surface area contributed by atoms with E-state index in [0.717, 1.165) is 12.8 Å². The lowest BCUT2D eigenvalue weighted by atomic mass is 9.84. The summed E-state index contributed by atoms with van der Waals surface area (Å²) in [6.07, 6.45) is 10.7. The second-order valence-electron chi connectivity index (χ2n) is 5.44. The molecule has 0 spiro atoms. The Kier molecular flexibility index (Phi) is 4.55. The number of allylic oxidation sites excluding steroid dienone is 4. The van der Waals surface area contributed by atoms with Gasteiger partial charge in [0.05, 0.1) is 5.60 Å². The zero-order valence-corrected chi connectivity index (χ0v) is 10.8. The van der Waals surface area contributed by atoms with Gasteiger partial charge in [0.2, 0.25) is 0 Å². The van der Waals surface area contributed by atoms with Crippen LogP contribution in [0.25, 0.3) is 0 Å². The van der Waals surface area contributed by atoms with Crippen LogP contribution in [0.2, 0.25) is 0 Å². The smallest absolute Gasteiger partial charge is 0.0771 e. The molecule has 1 aliphatic rings. The number of aliphatic hydroxyl groups is 1. The van der Waals surface area contributed by atoms with Gasteiger partial charge in [-0.15, -0.1) is 0 Å². The van der Waals surface area contributed by atoms with Gasteiger partial charge < -0.3 is 5.11 Å². The summed E-state index contributed by atoms with van der Waals surface area (Å²) in [5, 5.41) is 9.55. The van der Waals surface area contributed by atoms with Gasteiger partial charge in [0, 0.05) is 0 Å². The van der Waals surface area contributed by atoms with Crippen molar-refractivity contribution >= 4 is 0 Å². The third-order valence-electron chi connectivity index (χ3n) is 3.12. The highest BCUT2D eigenvalue weighted by molar-refractivity contribution is 5.14. The topological polar surface area (TPSA) is 20.2 Å². The maximum Gasteiger partial charge on any atom is 0.0771 e. The first-order valence-corrected chi connectivity index (χ1v) is 6.12. The highest BCUT2D eigenvalue weighted by Crippen LogP contribution is 2.29. The van der Waals surface area contributed by atoms with Crippen molar-refractivity contribution in [2.24, 2.45) is 5.92 Å². The Labute approximate surface area is 99.6 Å². The second kappa shape index (κ2) is 5.49. The van der Waals surface area contributed by atoms with E-state index >= 15 is 0 Å². The van der Waals surface area contributed by atoms with E-state index in [-0.39, 0.29) is 0 Å². The maximum atomic E-state index is 9.55. The summed E-state index contributed by atoms with van der Waals surface area (Å²) in [6, 6.07) is 0. The molecule has 0 saturated carbocycles. The van der Waals surface area contributed by atoms with Gasteiger partial charge in [0.15, 0.2) is 0 Å². The van der Waals surface area contributed by atoms with Crippen molar-refractivity contribution in [1.82, 2.24) is 0 Å². The van der Waals surface area contributed by atoms with Crippen LogP contribution < -0.4 is 0 Å². The molecule has 1 nitrogen and oxygen atoms in total. The second-order valence-corrected chi connectivity index (χ2v) is 5.44. The number of rotatable bonds is 4. The van der Waals surface area contributed by atoms with Gasteiger partial charge >= 0.3 is 0 Å². The Morgan fingerprint density at radius 3 is 2.81 bits per heavy atom. The monoisotopic (exact) mass is 220 g/mol. The molecule has 90 valence electrons. The lowest BCUT2D eigenvalue weighted by Crippen LogP contribution is -2.13. The van der Waals surface area contributed by atoms with Gasteiger partial charge in [0.25, 0.3) is 0 Å². The average molecular weight is 220 g/mol. The molecule has 1 N–H and O–H groups in total. The van der Waals surface area contributed by atoms with Crippen LogP contribution in [0.1, 0.15) is 46.5 Å². The van der Waals surface area contributed by atoms with Crippen LogP contribution in [-0.4, -0.2) is 10.7 Å². The maximum absolute atomic E-state index is 9.55. The highest BCUT2D eigenvalue weighted by Gasteiger charge is 2.14. The van der Waals surface area contributed by atoms with Crippen LogP contribution >= 0.6 is 0 Å². The fourth-order valence-electron chi connectivity index (χ4n) is 2.00. The Morgan fingerprint density at radius 1 is 1.62 bits per heavy atom. The summed E-state index contributed by atoms with van der Waals surface area (Å²) in [6.45, 7) is 9.94. The van der Waals surface area contributed by atoms with E-state index in [4.69, 9.17) is 0 Å². The Bertz CT molecular complexity index is 302. The molecule has 0 bridgehead atoms. The van der Waals surface area contributed by atoms with Crippen molar-refractivity contribution in [3.8, 4) is 0 Å². The Morgan fingerprint density at radius 2 is 2.31 bits per heavy atom. The highest BCUT2D eigenvalue weighted by atomic mass is 16.3. The first-order chi connectivity index (χ1) is 7.38. The number of hydrogen-bond donors (Lipinski definition) is 1. The van der Waals surface area contributed by atoms with Crippen molar-refractivity contribution in [2.45, 2.75) is 52.1 Å². The molecule has 0 unspecified atom stereocenters. The van der Waals surface area contributed by atoms with Crippen LogP contribution in [0, 0.1) is 5.92 Å². The van der Waals surface area contributed by atoms with Crippen LogP contribution in [0.4, 0.5) is 0 Å². The van der Waals surface area contributed by atoms with Gasteiger partial charge in [-0.2, -0.15) is 0 Å². The molecule has 0 aromatic heterocycles. The van der Waals surface area contributed by atoms with E-state index in [1.54, 1.807) is 13.8 Å². The molecule has 0 aromatic carbocycles. The molecule has 1 heteroatoms. The standard InChI is InChI=1S/C15H24O/c1-12-7-9-14(10-8-12)13(2)6-5-11-15(3,4)16/h5,7,11,14,16H,2,6,8-10H2,1,3-4H3/b11-5+/t14-/m0/s1. The molecule has 0 saturated heterocycles. The molecule has 0 fully saturated rings. The molecule has 1 aliphatic carbocycles. The van der Waals surface area contributed by atoms with E-state index < -0.39 is 5.60 Å². The Balaban J connectivity index is 2.39. The first kappa shape index (κ1) is 13.2. The van der Waals surface area contributed by atoms with Gasteiger partial charge in [-0.25, -0.2) is 0 Å². The van der Waals surface area contributed by atoms with Gasteiger partial charge in [-0.3, -0.25) is 0 Å². The predicted octanol–water partition coefficient (Wildman–Crippen LogP) is 4.01. The van der Waals surface area contributed by atoms with Gasteiger partial charge in [0.1, 0.15) is 0 Å². The minimum atomic E-state index is -0.705. The lowest BCUT2D eigenvalue weighted by Gasteiger charge is -2.22. The van der Waals surface area contributed by atoms with E-state index in [2.05, 4.69) is 19.6 Å². The summed E-state index contributed by atoms with van der Waals surface area (Å²) >= 11 is 0. The summed E-state index contributed by atoms with van der Waals surface area (Å²) < 4.78 is 0. The fourth-order valence-corrected chi connectivity index (χ4v) is 2.00. The zero-order chi connectivity index (χ0) is 12.2. The van der Waals surface area contributed by atoms with Crippen molar-refractivity contribution in [3.05, 3.63) is 36.0 Å². The molecule has 0 radical (unpaired) electrons. The van der Waals surface area contributed by atoms with E-state index in [9.17, 15) is 5.11 Å². The minimum Gasteiger partial charge on any atom is -0.386 e. The third kappa shape index (κ3) is 4.80. The van der Waals surface area contributed by atoms with Crippen molar-refractivity contribution in [2.75, 3.05) is 0 Å². The summed E-state index contributed by atoms with van der Waals surface area (Å²) in [5.74, 6) is 0.634. The van der Waals surface area contributed by atoms with E-state index in [1.165, 1.54) is 24.0 Å². The SMILES string of the molecule is C=C(C/C=C/C(C)(C)O)[C@H]1CC=C(C)CC1. The van der Waals surface area contributed by atoms with Crippen LogP contribution in [0.3, 0.4) is 0 Å². The van der Waals surface area contributed by atoms with Crippen LogP contribution in [0.5, 0.6) is 0 Å². The number of hydrogen-bond acceptors (Lipinski definition) is 1. The van der Waals surface area contributed by atoms with Crippen molar-refractivity contribution in [3.63, 3.8) is 0 Å². The first-order valence-electron chi connectivity index (χ1n) is 6.12. The minimum absolute atomic E-state index is 0.634. The molecule has 0 aromatic rings. The summed E-state index contributed by atoms with van der Waals surface area (Å²) in [7, 11) is 0. The molecule has 16 heavy (non-hydrogen) atoms. The van der Waals surface area contributed by atoms with Gasteiger partial charge in [-0.05, 0) is 52.4 Å². The van der Waals surface area contributed by atoms with Gasteiger partial charge in [-0.1, -0.05) is 36.0 Å². The van der Waals surface area contributed by atoms with E-state index in [0.29, 0.717) is 5.92 Å². The normalized spacial score (nSPS) is 22.2. The van der Waals surface area contributed by atoms with Crippen LogP contribution in [-0.2, 0) is 0 Å². The molecule has 0 amide bonds. The largest absolute Gasteiger partial charge is 0.386 e. The van der Waals surface area contributed by atoms with Crippen molar-refractivity contribution in [1.29, 1.82) is 0 Å². The average Bonchev–Trinajstić information content (AvgIpc) is 2.16. The molecular formula is C15H24O. The fraction of sp³-hybridized carbons (Fsp3) is 0.600. The molecule has 0 heterocycles. The van der Waals surface area contributed by atoms with Crippen molar-refractivity contribution < 1.29 is 5.11 Å². The predicted molar refractivity (Wildman–Crippen MR) is 70.3 cm³/mol. The lowest BCUT2D eigenvalue weighted by molar-refractivity contribution is 0.133. The Hall–Kier alpha value is -0.820. The quantitative estimate of drug-likeness (QED) is 0.710. The zero-order valence-electron chi connectivity index (χ0n) is 10.8. The van der Waals surface area contributed by atoms with E-state index in [1.807, 2.05) is 12.2 Å². The summed E-state index contributed by atoms with van der Waals surface area (Å²) in [4.78, 5) is 0. The third-order valence-corrected chi connectivity index (χ3v) is 3.12. The molecule has 1 rings (SSSR count). The van der Waals surface area contributed by atoms with Crippen LogP contribution in [0.15, 0.2) is 36.0 Å². The molecular weight excluding hydrogens is 196 g/mol. The molecule has 0 aliphatic heterocycles.